The molecule has 0 aliphatic heterocycles. The second-order valence-corrected chi connectivity index (χ2v) is 5.69. The van der Waals surface area contributed by atoms with Crippen LogP contribution in [-0.4, -0.2) is 23.7 Å². The average Bonchev–Trinajstić information content (AvgIpc) is 2.60. The van der Waals surface area contributed by atoms with E-state index in [0.29, 0.717) is 23.3 Å². The van der Waals surface area contributed by atoms with Crippen LogP contribution >= 0.6 is 0 Å². The Morgan fingerprint density at radius 2 is 1.88 bits per heavy atom. The number of carbonyl (C=O) groups is 1. The van der Waals surface area contributed by atoms with Gasteiger partial charge in [0.1, 0.15) is 18.2 Å². The summed E-state index contributed by atoms with van der Waals surface area (Å²) in [5, 5.41) is 13.0. The largest absolute Gasteiger partial charge is 0.481 e. The second-order valence-electron chi connectivity index (χ2n) is 5.69. The molecule has 0 saturated carbocycles. The molecule has 25 heavy (non-hydrogen) atoms. The van der Waals surface area contributed by atoms with E-state index < -0.39 is 6.10 Å². The maximum atomic E-state index is 12.9. The fourth-order valence-electron chi connectivity index (χ4n) is 2.35. The molecular formula is C20H20FNO3. The molecule has 2 atom stereocenters. The van der Waals surface area contributed by atoms with E-state index in [0.717, 1.165) is 0 Å². The van der Waals surface area contributed by atoms with Crippen LogP contribution < -0.4 is 10.1 Å². The molecule has 0 aliphatic carbocycles. The molecule has 0 aliphatic rings. The Morgan fingerprint density at radius 1 is 1.24 bits per heavy atom. The van der Waals surface area contributed by atoms with Crippen LogP contribution in [0.25, 0.3) is 0 Å². The molecule has 0 saturated heterocycles. The van der Waals surface area contributed by atoms with E-state index in [1.54, 1.807) is 31.2 Å². The van der Waals surface area contributed by atoms with E-state index in [2.05, 4.69) is 11.2 Å². The lowest BCUT2D eigenvalue weighted by atomic mass is 10.0. The van der Waals surface area contributed by atoms with Crippen molar-refractivity contribution < 1.29 is 19.0 Å². The SMILES string of the molecule is C#CCOc1ccc(C(=O)NC(C)CC(O)c2ccc(F)cc2)cc1. The highest BCUT2D eigenvalue weighted by Gasteiger charge is 2.15. The highest BCUT2D eigenvalue weighted by atomic mass is 19.1. The molecule has 0 heterocycles. The lowest BCUT2D eigenvalue weighted by Crippen LogP contribution is -2.33. The summed E-state index contributed by atoms with van der Waals surface area (Å²) in [6.45, 7) is 1.97. The van der Waals surface area contributed by atoms with Gasteiger partial charge < -0.3 is 15.2 Å². The maximum Gasteiger partial charge on any atom is 0.251 e. The summed E-state index contributed by atoms with van der Waals surface area (Å²) >= 11 is 0. The number of rotatable bonds is 7. The summed E-state index contributed by atoms with van der Waals surface area (Å²) in [6.07, 6.45) is 4.66. The Balaban J connectivity index is 1.88. The molecule has 0 aromatic heterocycles. The molecule has 0 bridgehead atoms. The van der Waals surface area contributed by atoms with Gasteiger partial charge in [0.15, 0.2) is 0 Å². The number of ether oxygens (including phenoxy) is 1. The van der Waals surface area contributed by atoms with Gasteiger partial charge in [0, 0.05) is 11.6 Å². The molecule has 0 radical (unpaired) electrons. The van der Waals surface area contributed by atoms with Crippen molar-refractivity contribution in [1.29, 1.82) is 0 Å². The van der Waals surface area contributed by atoms with Crippen LogP contribution in [0.4, 0.5) is 4.39 Å². The summed E-state index contributed by atoms with van der Waals surface area (Å²) in [7, 11) is 0. The van der Waals surface area contributed by atoms with E-state index in [1.807, 2.05) is 0 Å². The van der Waals surface area contributed by atoms with Gasteiger partial charge in [-0.05, 0) is 55.3 Å². The Labute approximate surface area is 146 Å². The normalized spacial score (nSPS) is 12.7. The van der Waals surface area contributed by atoms with Gasteiger partial charge in [-0.15, -0.1) is 6.42 Å². The Morgan fingerprint density at radius 3 is 2.48 bits per heavy atom. The minimum atomic E-state index is -0.782. The molecule has 2 rings (SSSR count). The van der Waals surface area contributed by atoms with E-state index in [4.69, 9.17) is 11.2 Å². The number of halogens is 1. The van der Waals surface area contributed by atoms with Crippen LogP contribution in [0.3, 0.4) is 0 Å². The van der Waals surface area contributed by atoms with E-state index in [9.17, 15) is 14.3 Å². The van der Waals surface area contributed by atoms with Gasteiger partial charge in [0.05, 0.1) is 6.10 Å². The number of benzene rings is 2. The zero-order chi connectivity index (χ0) is 18.2. The smallest absolute Gasteiger partial charge is 0.251 e. The lowest BCUT2D eigenvalue weighted by Gasteiger charge is -2.18. The van der Waals surface area contributed by atoms with Crippen molar-refractivity contribution >= 4 is 5.91 Å². The molecule has 2 aromatic rings. The van der Waals surface area contributed by atoms with Gasteiger partial charge in [0.25, 0.3) is 5.91 Å². The Hall–Kier alpha value is -2.84. The molecule has 130 valence electrons. The maximum absolute atomic E-state index is 12.9. The van der Waals surface area contributed by atoms with Gasteiger partial charge in [-0.25, -0.2) is 4.39 Å². The number of nitrogens with one attached hydrogen (secondary N) is 1. The summed E-state index contributed by atoms with van der Waals surface area (Å²) < 4.78 is 18.2. The molecule has 0 fully saturated rings. The molecule has 4 nitrogen and oxygen atoms in total. The number of aliphatic hydroxyl groups excluding tert-OH is 1. The third kappa shape index (κ3) is 5.63. The minimum Gasteiger partial charge on any atom is -0.481 e. The first kappa shape index (κ1) is 18.5. The Bertz CT molecular complexity index is 735. The third-order valence-electron chi connectivity index (χ3n) is 3.65. The van der Waals surface area contributed by atoms with Crippen molar-refractivity contribution in [1.82, 2.24) is 5.32 Å². The van der Waals surface area contributed by atoms with Crippen LogP contribution in [0.5, 0.6) is 5.75 Å². The second kappa shape index (κ2) is 8.86. The predicted octanol–water partition coefficient (Wildman–Crippen LogP) is 3.08. The molecule has 2 N–H and O–H groups in total. The average molecular weight is 341 g/mol. The molecule has 0 spiro atoms. The fraction of sp³-hybridized carbons (Fsp3) is 0.250. The molecule has 2 aromatic carbocycles. The first-order valence-corrected chi connectivity index (χ1v) is 7.90. The number of terminal acetylenes is 1. The van der Waals surface area contributed by atoms with Gasteiger partial charge in [-0.3, -0.25) is 4.79 Å². The van der Waals surface area contributed by atoms with Crippen molar-refractivity contribution in [2.45, 2.75) is 25.5 Å². The molecule has 1 amide bonds. The monoisotopic (exact) mass is 341 g/mol. The van der Waals surface area contributed by atoms with Gasteiger partial charge in [0.2, 0.25) is 0 Å². The lowest BCUT2D eigenvalue weighted by molar-refractivity contribution is 0.0917. The zero-order valence-electron chi connectivity index (χ0n) is 13.9. The van der Waals surface area contributed by atoms with Crippen LogP contribution in [-0.2, 0) is 0 Å². The highest BCUT2D eigenvalue weighted by Crippen LogP contribution is 2.19. The number of amides is 1. The van der Waals surface area contributed by atoms with E-state index >= 15 is 0 Å². The van der Waals surface area contributed by atoms with E-state index in [-0.39, 0.29) is 24.4 Å². The Kier molecular flexibility index (Phi) is 6.55. The van der Waals surface area contributed by atoms with Crippen molar-refractivity contribution in [3.05, 3.63) is 65.5 Å². The minimum absolute atomic E-state index is 0.170. The van der Waals surface area contributed by atoms with Gasteiger partial charge in [-0.2, -0.15) is 0 Å². The van der Waals surface area contributed by atoms with Crippen molar-refractivity contribution in [2.75, 3.05) is 6.61 Å². The predicted molar refractivity (Wildman–Crippen MR) is 93.7 cm³/mol. The first-order valence-electron chi connectivity index (χ1n) is 7.90. The fourth-order valence-corrected chi connectivity index (χ4v) is 2.35. The number of carbonyl (C=O) groups excluding carboxylic acids is 1. The summed E-state index contributed by atoms with van der Waals surface area (Å²) in [6, 6.07) is 12.0. The van der Waals surface area contributed by atoms with Crippen LogP contribution in [0.15, 0.2) is 48.5 Å². The molecule has 2 unspecified atom stereocenters. The van der Waals surface area contributed by atoms with Crippen molar-refractivity contribution in [3.63, 3.8) is 0 Å². The summed E-state index contributed by atoms with van der Waals surface area (Å²) in [4.78, 5) is 12.2. The van der Waals surface area contributed by atoms with Crippen molar-refractivity contribution in [2.24, 2.45) is 0 Å². The summed E-state index contributed by atoms with van der Waals surface area (Å²) in [5.74, 6) is 2.36. The van der Waals surface area contributed by atoms with Crippen LogP contribution in [0, 0.1) is 18.2 Å². The van der Waals surface area contributed by atoms with Gasteiger partial charge >= 0.3 is 0 Å². The number of hydrogen-bond donors (Lipinski definition) is 2. The quantitative estimate of drug-likeness (QED) is 0.761. The zero-order valence-corrected chi connectivity index (χ0v) is 13.9. The molecule has 5 heteroatoms. The van der Waals surface area contributed by atoms with Crippen LogP contribution in [0.1, 0.15) is 35.4 Å². The highest BCUT2D eigenvalue weighted by molar-refractivity contribution is 5.94. The van der Waals surface area contributed by atoms with Crippen molar-refractivity contribution in [3.8, 4) is 18.1 Å². The summed E-state index contributed by atoms with van der Waals surface area (Å²) in [5.41, 5.74) is 1.09. The van der Waals surface area contributed by atoms with Crippen LogP contribution in [0.2, 0.25) is 0 Å². The number of aliphatic hydroxyl groups is 1. The van der Waals surface area contributed by atoms with E-state index in [1.165, 1.54) is 24.3 Å². The molecular weight excluding hydrogens is 321 g/mol. The standard InChI is InChI=1S/C20H20FNO3/c1-3-12-25-18-10-6-16(7-11-18)20(24)22-14(2)13-19(23)15-4-8-17(21)9-5-15/h1,4-11,14,19,23H,12-13H2,2H3,(H,22,24). The number of hydrogen-bond acceptors (Lipinski definition) is 3. The topological polar surface area (TPSA) is 58.6 Å². The third-order valence-corrected chi connectivity index (χ3v) is 3.65. The van der Waals surface area contributed by atoms with Gasteiger partial charge in [-0.1, -0.05) is 18.1 Å². The first-order chi connectivity index (χ1) is 12.0.